The Morgan fingerprint density at radius 2 is 2.36 bits per heavy atom. The van der Waals surface area contributed by atoms with E-state index in [4.69, 9.17) is 11.6 Å². The smallest absolute Gasteiger partial charge is 0.0308 e. The van der Waals surface area contributed by atoms with Crippen LogP contribution in [0.4, 0.5) is 0 Å². The average Bonchev–Trinajstić information content (AvgIpc) is 2.69. The van der Waals surface area contributed by atoms with E-state index in [2.05, 4.69) is 18.2 Å². The molecule has 0 aromatic rings. The molecule has 64 valence electrons. The number of rotatable bonds is 5. The van der Waals surface area contributed by atoms with E-state index in [1.54, 1.807) is 0 Å². The van der Waals surface area contributed by atoms with Crippen LogP contribution in [0.1, 0.15) is 12.8 Å². The molecule has 0 saturated heterocycles. The van der Waals surface area contributed by atoms with Crippen LogP contribution in [0.2, 0.25) is 0 Å². The summed E-state index contributed by atoms with van der Waals surface area (Å²) in [5.74, 6) is 0. The maximum atomic E-state index is 5.61. The van der Waals surface area contributed by atoms with Gasteiger partial charge in [-0.05, 0) is 19.1 Å². The molecule has 1 N–H and O–H groups in total. The molecule has 0 amide bonds. The zero-order valence-corrected chi connectivity index (χ0v) is 8.39. The second-order valence-corrected chi connectivity index (χ2v) is 4.82. The van der Waals surface area contributed by atoms with Crippen molar-refractivity contribution in [3.05, 3.63) is 11.6 Å². The van der Waals surface area contributed by atoms with Crippen molar-refractivity contribution < 1.29 is 0 Å². The van der Waals surface area contributed by atoms with Crippen molar-refractivity contribution >= 4 is 23.4 Å². The van der Waals surface area contributed by atoms with E-state index in [9.17, 15) is 0 Å². The molecule has 0 radical (unpaired) electrons. The van der Waals surface area contributed by atoms with Crippen molar-refractivity contribution in [3.8, 4) is 0 Å². The minimum atomic E-state index is 0.534. The molecule has 0 aromatic heterocycles. The molecule has 1 aliphatic carbocycles. The summed E-state index contributed by atoms with van der Waals surface area (Å²) < 4.78 is 0.534. The predicted molar refractivity (Wildman–Crippen MR) is 53.3 cm³/mol. The minimum absolute atomic E-state index is 0.534. The molecule has 0 spiro atoms. The number of halogens is 1. The first-order valence-electron chi connectivity index (χ1n) is 3.78. The van der Waals surface area contributed by atoms with Crippen LogP contribution < -0.4 is 5.32 Å². The highest BCUT2D eigenvalue weighted by molar-refractivity contribution is 8.00. The Morgan fingerprint density at radius 1 is 1.73 bits per heavy atom. The molecular weight excluding hydrogens is 178 g/mol. The van der Waals surface area contributed by atoms with E-state index in [0.29, 0.717) is 9.78 Å². The van der Waals surface area contributed by atoms with Gasteiger partial charge in [0.25, 0.3) is 0 Å². The molecule has 0 unspecified atom stereocenters. The largest absolute Gasteiger partial charge is 0.310 e. The van der Waals surface area contributed by atoms with E-state index >= 15 is 0 Å². The topological polar surface area (TPSA) is 12.0 Å². The van der Waals surface area contributed by atoms with E-state index in [1.165, 1.54) is 12.8 Å². The molecule has 0 heterocycles. The number of hydrogen-bond acceptors (Lipinski definition) is 2. The van der Waals surface area contributed by atoms with Crippen molar-refractivity contribution in [3.63, 3.8) is 0 Å². The molecule has 0 bridgehead atoms. The summed E-state index contributed by atoms with van der Waals surface area (Å²) in [6, 6.07) is 0. The van der Waals surface area contributed by atoms with Gasteiger partial charge in [0.15, 0.2) is 0 Å². The summed E-state index contributed by atoms with van der Waals surface area (Å²) in [7, 11) is 0. The third kappa shape index (κ3) is 3.06. The third-order valence-electron chi connectivity index (χ3n) is 2.00. The number of hydrogen-bond donors (Lipinski definition) is 1. The molecule has 1 nitrogen and oxygen atoms in total. The third-order valence-corrected chi connectivity index (χ3v) is 3.56. The second-order valence-electron chi connectivity index (χ2n) is 3.01. The standard InChI is InChI=1S/C8H14ClNS/c1-7(9)5-10-6-8(11-2)3-4-8/h10H,1,3-6H2,2H3. The van der Waals surface area contributed by atoms with Crippen molar-refractivity contribution in [2.75, 3.05) is 19.3 Å². The van der Waals surface area contributed by atoms with Crippen LogP contribution in [0, 0.1) is 0 Å². The molecule has 1 rings (SSSR count). The summed E-state index contributed by atoms with van der Waals surface area (Å²) >= 11 is 7.56. The van der Waals surface area contributed by atoms with Gasteiger partial charge < -0.3 is 5.32 Å². The average molecular weight is 192 g/mol. The van der Waals surface area contributed by atoms with Gasteiger partial charge in [-0.2, -0.15) is 11.8 Å². The van der Waals surface area contributed by atoms with Gasteiger partial charge in [0.2, 0.25) is 0 Å². The molecule has 0 atom stereocenters. The van der Waals surface area contributed by atoms with Gasteiger partial charge in [-0.25, -0.2) is 0 Å². The molecule has 1 saturated carbocycles. The second kappa shape index (κ2) is 3.83. The van der Waals surface area contributed by atoms with Crippen LogP contribution in [0.5, 0.6) is 0 Å². The van der Waals surface area contributed by atoms with Crippen LogP contribution >= 0.6 is 23.4 Å². The van der Waals surface area contributed by atoms with E-state index in [1.807, 2.05) is 11.8 Å². The Balaban J connectivity index is 2.07. The van der Waals surface area contributed by atoms with Gasteiger partial charge >= 0.3 is 0 Å². The first kappa shape index (κ1) is 9.43. The van der Waals surface area contributed by atoms with Gasteiger partial charge in [0.1, 0.15) is 0 Å². The Morgan fingerprint density at radius 3 is 2.73 bits per heavy atom. The van der Waals surface area contributed by atoms with Gasteiger partial charge in [-0.15, -0.1) is 0 Å². The highest BCUT2D eigenvalue weighted by atomic mass is 35.5. The Bertz CT molecular complexity index is 154. The first-order chi connectivity index (χ1) is 5.18. The highest BCUT2D eigenvalue weighted by Crippen LogP contribution is 2.46. The zero-order chi connectivity index (χ0) is 8.32. The molecule has 1 aliphatic rings. The van der Waals surface area contributed by atoms with Crippen LogP contribution in [0.25, 0.3) is 0 Å². The fourth-order valence-electron chi connectivity index (χ4n) is 1.02. The lowest BCUT2D eigenvalue weighted by molar-refractivity contribution is 0.710. The van der Waals surface area contributed by atoms with Crippen molar-refractivity contribution in [2.24, 2.45) is 0 Å². The molecule has 0 aliphatic heterocycles. The fraction of sp³-hybridized carbons (Fsp3) is 0.750. The monoisotopic (exact) mass is 191 g/mol. The Kier molecular flexibility index (Phi) is 3.29. The first-order valence-corrected chi connectivity index (χ1v) is 5.38. The lowest BCUT2D eigenvalue weighted by Gasteiger charge is -2.11. The minimum Gasteiger partial charge on any atom is -0.310 e. The molecular formula is C8H14ClNS. The molecule has 3 heteroatoms. The summed E-state index contributed by atoms with van der Waals surface area (Å²) in [4.78, 5) is 0. The number of thioether (sulfide) groups is 1. The Hall–Kier alpha value is 0.340. The summed E-state index contributed by atoms with van der Waals surface area (Å²) in [5.41, 5.74) is 0. The maximum Gasteiger partial charge on any atom is 0.0308 e. The summed E-state index contributed by atoms with van der Waals surface area (Å²) in [5, 5.41) is 3.98. The van der Waals surface area contributed by atoms with Crippen molar-refractivity contribution in [2.45, 2.75) is 17.6 Å². The molecule has 0 aromatic carbocycles. The van der Waals surface area contributed by atoms with Crippen LogP contribution in [0.3, 0.4) is 0 Å². The van der Waals surface area contributed by atoms with Crippen LogP contribution in [0.15, 0.2) is 11.6 Å². The van der Waals surface area contributed by atoms with Gasteiger partial charge in [-0.3, -0.25) is 0 Å². The maximum absolute atomic E-state index is 5.61. The summed E-state index contributed by atoms with van der Waals surface area (Å²) in [6.45, 7) is 5.43. The normalized spacial score (nSPS) is 19.8. The van der Waals surface area contributed by atoms with Crippen LogP contribution in [-0.2, 0) is 0 Å². The highest BCUT2D eigenvalue weighted by Gasteiger charge is 2.41. The number of nitrogens with one attached hydrogen (secondary N) is 1. The quantitative estimate of drug-likeness (QED) is 0.716. The molecule has 1 fully saturated rings. The van der Waals surface area contributed by atoms with Crippen LogP contribution in [-0.4, -0.2) is 24.1 Å². The van der Waals surface area contributed by atoms with Gasteiger partial charge in [0.05, 0.1) is 0 Å². The van der Waals surface area contributed by atoms with E-state index in [-0.39, 0.29) is 0 Å². The predicted octanol–water partition coefficient (Wildman–Crippen LogP) is 2.22. The lowest BCUT2D eigenvalue weighted by Crippen LogP contribution is -2.26. The lowest BCUT2D eigenvalue weighted by atomic mass is 10.4. The van der Waals surface area contributed by atoms with Gasteiger partial charge in [-0.1, -0.05) is 18.2 Å². The molecule has 11 heavy (non-hydrogen) atoms. The van der Waals surface area contributed by atoms with Crippen molar-refractivity contribution in [1.29, 1.82) is 0 Å². The summed E-state index contributed by atoms with van der Waals surface area (Å²) in [6.07, 6.45) is 4.86. The SMILES string of the molecule is C=C(Cl)CNCC1(SC)CC1. The van der Waals surface area contributed by atoms with E-state index in [0.717, 1.165) is 13.1 Å². The van der Waals surface area contributed by atoms with Gasteiger partial charge in [0, 0.05) is 22.9 Å². The van der Waals surface area contributed by atoms with E-state index < -0.39 is 0 Å². The zero-order valence-electron chi connectivity index (χ0n) is 6.82. The van der Waals surface area contributed by atoms with Crippen molar-refractivity contribution in [1.82, 2.24) is 5.32 Å². The Labute approximate surface area is 77.6 Å². The fourth-order valence-corrected chi connectivity index (χ4v) is 1.87.